The van der Waals surface area contributed by atoms with Crippen molar-refractivity contribution in [2.24, 2.45) is 0 Å². The fourth-order valence-electron chi connectivity index (χ4n) is 0.984. The first-order chi connectivity index (χ1) is 7.54. The minimum atomic E-state index is 0.417. The van der Waals surface area contributed by atoms with Gasteiger partial charge in [0, 0.05) is 11.6 Å². The summed E-state index contributed by atoms with van der Waals surface area (Å²) in [6, 6.07) is 3.18. The maximum absolute atomic E-state index is 5.97. The third kappa shape index (κ3) is 3.83. The van der Waals surface area contributed by atoms with Gasteiger partial charge in [-0.1, -0.05) is 40.9 Å². The van der Waals surface area contributed by atoms with E-state index in [1.807, 2.05) is 0 Å². The molecular weight excluding hydrogens is 287 g/mol. The van der Waals surface area contributed by atoms with Crippen LogP contribution in [0.2, 0.25) is 15.1 Å². The fourth-order valence-corrected chi connectivity index (χ4v) is 2.08. The van der Waals surface area contributed by atoms with Gasteiger partial charge in [-0.05, 0) is 24.4 Å². The second kappa shape index (κ2) is 6.30. The Morgan fingerprint density at radius 3 is 2.38 bits per heavy atom. The van der Waals surface area contributed by atoms with Gasteiger partial charge in [0.1, 0.15) is 0 Å². The first-order valence-corrected chi connectivity index (χ1v) is 5.89. The monoisotopic (exact) mass is 294 g/mol. The van der Waals surface area contributed by atoms with Crippen molar-refractivity contribution < 1.29 is 0 Å². The molecule has 0 aliphatic heterocycles. The highest BCUT2D eigenvalue weighted by Gasteiger charge is 2.08. The zero-order valence-electron chi connectivity index (χ0n) is 8.19. The van der Waals surface area contributed by atoms with Gasteiger partial charge in [0.25, 0.3) is 0 Å². The standard InChI is InChI=1S/C10H9Cl3N2S/c1-2-3-14-10(16)15-9-7(12)4-6(11)5-8(9)13/h2,4-5H,1,3H2,(H2,14,15,16). The summed E-state index contributed by atoms with van der Waals surface area (Å²) in [4.78, 5) is 0. The minimum absolute atomic E-state index is 0.417. The van der Waals surface area contributed by atoms with Gasteiger partial charge in [-0.2, -0.15) is 0 Å². The topological polar surface area (TPSA) is 24.1 Å². The lowest BCUT2D eigenvalue weighted by molar-refractivity contribution is 1.06. The summed E-state index contributed by atoms with van der Waals surface area (Å²) in [6.45, 7) is 4.13. The van der Waals surface area contributed by atoms with E-state index in [9.17, 15) is 0 Å². The molecule has 16 heavy (non-hydrogen) atoms. The number of nitrogens with one attached hydrogen (secondary N) is 2. The van der Waals surface area contributed by atoms with Crippen LogP contribution < -0.4 is 10.6 Å². The van der Waals surface area contributed by atoms with Crippen molar-refractivity contribution in [2.45, 2.75) is 0 Å². The lowest BCUT2D eigenvalue weighted by Gasteiger charge is -2.12. The van der Waals surface area contributed by atoms with Gasteiger partial charge < -0.3 is 10.6 Å². The molecule has 0 aliphatic rings. The molecule has 0 aromatic heterocycles. The average Bonchev–Trinajstić information content (AvgIpc) is 2.20. The Labute approximate surface area is 115 Å². The van der Waals surface area contributed by atoms with Crippen molar-refractivity contribution in [1.82, 2.24) is 5.32 Å². The molecule has 1 aromatic rings. The van der Waals surface area contributed by atoms with Gasteiger partial charge in [-0.3, -0.25) is 0 Å². The molecule has 0 atom stereocenters. The van der Waals surface area contributed by atoms with Crippen LogP contribution in [0.25, 0.3) is 0 Å². The molecular formula is C10H9Cl3N2S. The van der Waals surface area contributed by atoms with Crippen LogP contribution in [0.5, 0.6) is 0 Å². The zero-order chi connectivity index (χ0) is 12.1. The van der Waals surface area contributed by atoms with Gasteiger partial charge in [0.15, 0.2) is 5.11 Å². The van der Waals surface area contributed by atoms with Crippen LogP contribution in [0.4, 0.5) is 5.69 Å². The Bertz CT molecular complexity index is 398. The van der Waals surface area contributed by atoms with Gasteiger partial charge in [0.2, 0.25) is 0 Å². The molecule has 86 valence electrons. The highest BCUT2D eigenvalue weighted by Crippen LogP contribution is 2.33. The van der Waals surface area contributed by atoms with Crippen molar-refractivity contribution in [3.05, 3.63) is 39.9 Å². The van der Waals surface area contributed by atoms with Crippen molar-refractivity contribution in [1.29, 1.82) is 0 Å². The number of hydrogen-bond acceptors (Lipinski definition) is 1. The molecule has 0 unspecified atom stereocenters. The van der Waals surface area contributed by atoms with Crippen LogP contribution in [0, 0.1) is 0 Å². The maximum Gasteiger partial charge on any atom is 0.171 e. The van der Waals surface area contributed by atoms with E-state index in [1.54, 1.807) is 18.2 Å². The summed E-state index contributed by atoms with van der Waals surface area (Å²) < 4.78 is 0. The predicted octanol–water partition coefficient (Wildman–Crippen LogP) is 4.12. The van der Waals surface area contributed by atoms with Crippen LogP contribution in [-0.2, 0) is 0 Å². The van der Waals surface area contributed by atoms with E-state index in [-0.39, 0.29) is 0 Å². The quantitative estimate of drug-likeness (QED) is 0.648. The molecule has 0 saturated heterocycles. The molecule has 2 N–H and O–H groups in total. The Morgan fingerprint density at radius 2 is 1.88 bits per heavy atom. The Balaban J connectivity index is 2.81. The zero-order valence-corrected chi connectivity index (χ0v) is 11.3. The summed E-state index contributed by atoms with van der Waals surface area (Å²) in [6.07, 6.45) is 1.69. The highest BCUT2D eigenvalue weighted by atomic mass is 35.5. The Kier molecular flexibility index (Phi) is 5.35. The molecule has 1 rings (SSSR count). The van der Waals surface area contributed by atoms with E-state index in [0.29, 0.717) is 32.4 Å². The number of rotatable bonds is 3. The van der Waals surface area contributed by atoms with Gasteiger partial charge in [-0.15, -0.1) is 6.58 Å². The molecule has 0 bridgehead atoms. The number of hydrogen-bond donors (Lipinski definition) is 2. The Hall–Kier alpha value is -0.480. The van der Waals surface area contributed by atoms with Crippen LogP contribution in [0.3, 0.4) is 0 Å². The van der Waals surface area contributed by atoms with E-state index < -0.39 is 0 Å². The number of halogens is 3. The summed E-state index contributed by atoms with van der Waals surface area (Å²) in [5, 5.41) is 7.53. The van der Waals surface area contributed by atoms with Crippen LogP contribution >= 0.6 is 47.0 Å². The average molecular weight is 296 g/mol. The highest BCUT2D eigenvalue weighted by molar-refractivity contribution is 7.80. The van der Waals surface area contributed by atoms with Gasteiger partial charge in [-0.25, -0.2) is 0 Å². The first-order valence-electron chi connectivity index (χ1n) is 4.35. The lowest BCUT2D eigenvalue weighted by atomic mass is 10.3. The predicted molar refractivity (Wildman–Crippen MR) is 75.9 cm³/mol. The summed E-state index contributed by atoms with van der Waals surface area (Å²) in [7, 11) is 0. The van der Waals surface area contributed by atoms with E-state index >= 15 is 0 Å². The molecule has 0 spiro atoms. The first kappa shape index (κ1) is 13.6. The molecule has 0 fully saturated rings. The maximum atomic E-state index is 5.97. The molecule has 0 saturated carbocycles. The molecule has 0 heterocycles. The molecule has 6 heteroatoms. The van der Waals surface area contributed by atoms with E-state index in [2.05, 4.69) is 17.2 Å². The van der Waals surface area contributed by atoms with Crippen molar-refractivity contribution in [3.8, 4) is 0 Å². The number of anilines is 1. The molecule has 0 amide bonds. The van der Waals surface area contributed by atoms with Gasteiger partial charge in [0.05, 0.1) is 15.7 Å². The van der Waals surface area contributed by atoms with Crippen molar-refractivity contribution >= 4 is 57.8 Å². The summed E-state index contributed by atoms with van der Waals surface area (Å²) in [5.74, 6) is 0. The summed E-state index contributed by atoms with van der Waals surface area (Å²) >= 11 is 22.8. The minimum Gasteiger partial charge on any atom is -0.359 e. The van der Waals surface area contributed by atoms with E-state index in [0.717, 1.165) is 0 Å². The largest absolute Gasteiger partial charge is 0.359 e. The number of thiocarbonyl (C=S) groups is 1. The number of benzene rings is 1. The van der Waals surface area contributed by atoms with E-state index in [4.69, 9.17) is 47.0 Å². The third-order valence-corrected chi connectivity index (χ3v) is 2.71. The fraction of sp³-hybridized carbons (Fsp3) is 0.100. The molecule has 0 radical (unpaired) electrons. The van der Waals surface area contributed by atoms with Gasteiger partial charge >= 0.3 is 0 Å². The third-order valence-electron chi connectivity index (χ3n) is 1.65. The normalized spacial score (nSPS) is 9.69. The second-order valence-electron chi connectivity index (χ2n) is 2.87. The van der Waals surface area contributed by atoms with Crippen LogP contribution in [0.15, 0.2) is 24.8 Å². The molecule has 0 aliphatic carbocycles. The van der Waals surface area contributed by atoms with Crippen LogP contribution in [-0.4, -0.2) is 11.7 Å². The van der Waals surface area contributed by atoms with Crippen molar-refractivity contribution in [2.75, 3.05) is 11.9 Å². The lowest BCUT2D eigenvalue weighted by Crippen LogP contribution is -2.28. The molecule has 1 aromatic carbocycles. The SMILES string of the molecule is C=CCNC(=S)Nc1c(Cl)cc(Cl)cc1Cl. The summed E-state index contributed by atoms with van der Waals surface area (Å²) in [5.41, 5.74) is 0.536. The smallest absolute Gasteiger partial charge is 0.171 e. The van der Waals surface area contributed by atoms with Crippen LogP contribution in [0.1, 0.15) is 0 Å². The molecule has 2 nitrogen and oxygen atoms in total. The van der Waals surface area contributed by atoms with E-state index in [1.165, 1.54) is 0 Å². The van der Waals surface area contributed by atoms with Crippen molar-refractivity contribution in [3.63, 3.8) is 0 Å². The Morgan fingerprint density at radius 1 is 1.31 bits per heavy atom. The second-order valence-corrected chi connectivity index (χ2v) is 4.53.